The molecule has 4 amide bonds. The number of hydrogen-bond donors (Lipinski definition) is 7. The van der Waals surface area contributed by atoms with Gasteiger partial charge in [0.05, 0.1) is 30.2 Å². The summed E-state index contributed by atoms with van der Waals surface area (Å²) in [6, 6.07) is -6.22. The highest BCUT2D eigenvalue weighted by atomic mass is 16.2. The first-order valence-corrected chi connectivity index (χ1v) is 15.5. The molecule has 4 aliphatic rings. The van der Waals surface area contributed by atoms with Crippen molar-refractivity contribution < 1.29 is 28.8 Å². The van der Waals surface area contributed by atoms with Crippen molar-refractivity contribution in [2.45, 2.75) is 107 Å². The Morgan fingerprint density at radius 3 is 2.27 bits per heavy atom. The maximum Gasteiger partial charge on any atom is 0.241 e. The van der Waals surface area contributed by atoms with Crippen molar-refractivity contribution in [1.82, 2.24) is 31.1 Å². The number of fused-ring (bicyclic) bond motifs is 2. The van der Waals surface area contributed by atoms with E-state index in [1.54, 1.807) is 16.7 Å². The number of piperazine rings is 3. The average Bonchev–Trinajstić information content (AvgIpc) is 2.97. The number of nitrogens with zero attached hydrogens (tertiary/aromatic N) is 3. The summed E-state index contributed by atoms with van der Waals surface area (Å²) in [7, 11) is 0. The molecular formula is C28H46N10O6. The van der Waals surface area contributed by atoms with Gasteiger partial charge in [0.2, 0.25) is 23.6 Å². The second-order valence-electron chi connectivity index (χ2n) is 12.1. The number of unbranched alkanes of at least 4 members (excludes halogenated alkanes) is 1. The van der Waals surface area contributed by atoms with Gasteiger partial charge >= 0.3 is 0 Å². The van der Waals surface area contributed by atoms with E-state index in [0.717, 1.165) is 12.8 Å². The molecule has 4 saturated heterocycles. The SMILES string of the molecule is CCCC[C@@H]1NC[C@H](C(=O)C2CCC(N3C[C@H](C(N)=O)NC(=O)[C@@H]3CCCN=C(N)N)C(=O)[C@@H]3CN2[C@@H](C)C(=O)N3)NC1=O. The fraction of sp³-hybridized carbons (Fsp3) is 0.750. The lowest BCUT2D eigenvalue weighted by molar-refractivity contribution is -0.149. The summed E-state index contributed by atoms with van der Waals surface area (Å²) in [5.41, 5.74) is 16.4. The van der Waals surface area contributed by atoms with Gasteiger partial charge in [-0.2, -0.15) is 0 Å². The van der Waals surface area contributed by atoms with Crippen molar-refractivity contribution in [1.29, 1.82) is 0 Å². The second kappa shape index (κ2) is 14.4. The van der Waals surface area contributed by atoms with E-state index < -0.39 is 60.0 Å². The van der Waals surface area contributed by atoms with Gasteiger partial charge in [0.1, 0.15) is 18.1 Å². The van der Waals surface area contributed by atoms with Crippen LogP contribution in [0.25, 0.3) is 0 Å². The highest BCUT2D eigenvalue weighted by molar-refractivity contribution is 5.99. The van der Waals surface area contributed by atoms with Crippen LogP contribution >= 0.6 is 0 Å². The van der Waals surface area contributed by atoms with E-state index in [4.69, 9.17) is 17.2 Å². The van der Waals surface area contributed by atoms with E-state index in [-0.39, 0.29) is 68.5 Å². The highest BCUT2D eigenvalue weighted by Crippen LogP contribution is 2.28. The molecule has 16 nitrogen and oxygen atoms in total. The van der Waals surface area contributed by atoms with E-state index in [9.17, 15) is 28.8 Å². The third kappa shape index (κ3) is 7.35. The monoisotopic (exact) mass is 618 g/mol. The number of primary amides is 1. The molecule has 2 bridgehead atoms. The number of guanidine groups is 1. The first-order chi connectivity index (χ1) is 20.9. The average molecular weight is 619 g/mol. The molecule has 4 rings (SSSR count). The molecule has 0 spiro atoms. The molecule has 0 aromatic heterocycles. The van der Waals surface area contributed by atoms with Gasteiger partial charge in [-0.25, -0.2) is 0 Å². The first-order valence-electron chi connectivity index (χ1n) is 15.5. The molecule has 4 aliphatic heterocycles. The standard InChI is InChI=1S/C28H46N10O6/c1-3-4-6-15-26(43)34-16(11-33-15)22(39)19-8-9-20(23(40)17-12-37(19)14(2)25(42)35-17)38-13-18(24(29)41)36-27(44)21(38)7-5-10-32-28(30)31/h14-21,33H,3-13H2,1-2H3,(H2,29,41)(H,34,43)(H,35,42)(H,36,44)(H4,30,31,32)/t14-,15-,16+,17-,18+,19?,20?,21-/m0/s1. The summed E-state index contributed by atoms with van der Waals surface area (Å²) in [6.07, 6.45) is 3.59. The maximum atomic E-state index is 14.0. The summed E-state index contributed by atoms with van der Waals surface area (Å²) in [4.78, 5) is 86.6. The largest absolute Gasteiger partial charge is 0.370 e. The van der Waals surface area contributed by atoms with Crippen molar-refractivity contribution >= 4 is 41.2 Å². The molecule has 10 N–H and O–H groups in total. The molecule has 0 aliphatic carbocycles. The van der Waals surface area contributed by atoms with E-state index in [1.165, 1.54) is 0 Å². The summed E-state index contributed by atoms with van der Waals surface area (Å²) < 4.78 is 0. The molecule has 0 aromatic carbocycles. The zero-order chi connectivity index (χ0) is 32.1. The fourth-order valence-electron chi connectivity index (χ4n) is 6.73. The van der Waals surface area contributed by atoms with Gasteiger partial charge in [0.15, 0.2) is 17.5 Å². The van der Waals surface area contributed by atoms with Gasteiger partial charge in [0, 0.05) is 26.2 Å². The van der Waals surface area contributed by atoms with Crippen LogP contribution in [0, 0.1) is 0 Å². The molecular weight excluding hydrogens is 572 g/mol. The Morgan fingerprint density at radius 1 is 0.886 bits per heavy atom. The van der Waals surface area contributed by atoms with E-state index in [2.05, 4.69) is 26.3 Å². The summed E-state index contributed by atoms with van der Waals surface area (Å²) >= 11 is 0. The molecule has 4 heterocycles. The van der Waals surface area contributed by atoms with Crippen LogP contribution < -0.4 is 38.5 Å². The Kier molecular flexibility index (Phi) is 10.9. The third-order valence-electron chi connectivity index (χ3n) is 9.18. The number of carbonyl (C=O) groups is 6. The first kappa shape index (κ1) is 33.3. The number of nitrogens with two attached hydrogens (primary N) is 3. The Balaban J connectivity index is 1.59. The van der Waals surface area contributed by atoms with Gasteiger partial charge in [-0.3, -0.25) is 43.6 Å². The minimum absolute atomic E-state index is 0.00834. The molecule has 0 saturated carbocycles. The Hall–Kier alpha value is -3.63. The minimum Gasteiger partial charge on any atom is -0.370 e. The number of rotatable bonds is 11. The highest BCUT2D eigenvalue weighted by Gasteiger charge is 2.50. The smallest absolute Gasteiger partial charge is 0.241 e. The normalized spacial score (nSPS) is 34.5. The van der Waals surface area contributed by atoms with Crippen molar-refractivity contribution in [2.24, 2.45) is 22.2 Å². The predicted octanol–water partition coefficient (Wildman–Crippen LogP) is -3.80. The number of hydrogen-bond acceptors (Lipinski definition) is 10. The number of ketones is 2. The van der Waals surface area contributed by atoms with Crippen LogP contribution in [0.2, 0.25) is 0 Å². The van der Waals surface area contributed by atoms with Crippen LogP contribution in [0.3, 0.4) is 0 Å². The molecule has 4 fully saturated rings. The maximum absolute atomic E-state index is 14.0. The second-order valence-corrected chi connectivity index (χ2v) is 12.1. The number of carbonyl (C=O) groups excluding carboxylic acids is 6. The quantitative estimate of drug-likeness (QED) is 0.0672. The van der Waals surface area contributed by atoms with Crippen LogP contribution in [0.5, 0.6) is 0 Å². The van der Waals surface area contributed by atoms with Gasteiger partial charge in [-0.15, -0.1) is 0 Å². The zero-order valence-corrected chi connectivity index (χ0v) is 25.4. The van der Waals surface area contributed by atoms with E-state index in [1.807, 2.05) is 6.92 Å². The van der Waals surface area contributed by atoms with Crippen LogP contribution in [0.4, 0.5) is 0 Å². The lowest BCUT2D eigenvalue weighted by Crippen LogP contribution is -2.72. The lowest BCUT2D eigenvalue weighted by Gasteiger charge is -2.48. The Bertz CT molecular complexity index is 1180. The number of amides is 4. The van der Waals surface area contributed by atoms with Crippen molar-refractivity contribution in [2.75, 3.05) is 26.2 Å². The Morgan fingerprint density at radius 2 is 1.61 bits per heavy atom. The molecule has 3 unspecified atom stereocenters. The van der Waals surface area contributed by atoms with Gasteiger partial charge in [-0.1, -0.05) is 19.8 Å². The third-order valence-corrected chi connectivity index (χ3v) is 9.18. The molecule has 44 heavy (non-hydrogen) atoms. The number of Topliss-reactive ketones (excluding diaryl/α,β-unsaturated/α-hetero) is 2. The van der Waals surface area contributed by atoms with Crippen LogP contribution in [-0.2, 0) is 28.8 Å². The van der Waals surface area contributed by atoms with Crippen LogP contribution in [0.1, 0.15) is 58.8 Å². The molecule has 0 radical (unpaired) electrons. The van der Waals surface area contributed by atoms with Crippen molar-refractivity contribution in [3.05, 3.63) is 0 Å². The topological polar surface area (TPSA) is 247 Å². The van der Waals surface area contributed by atoms with E-state index >= 15 is 0 Å². The van der Waals surface area contributed by atoms with Gasteiger partial charge in [0.25, 0.3) is 0 Å². The number of nitrogens with one attached hydrogen (secondary N) is 4. The lowest BCUT2D eigenvalue weighted by atomic mass is 9.85. The molecule has 0 aromatic rings. The summed E-state index contributed by atoms with van der Waals surface area (Å²) in [5.74, 6) is -2.44. The van der Waals surface area contributed by atoms with Crippen molar-refractivity contribution in [3.63, 3.8) is 0 Å². The Labute approximate surface area is 256 Å². The van der Waals surface area contributed by atoms with Gasteiger partial charge < -0.3 is 38.5 Å². The number of aliphatic imine (C=N–C) groups is 1. The predicted molar refractivity (Wildman–Crippen MR) is 160 cm³/mol. The van der Waals surface area contributed by atoms with Crippen LogP contribution in [-0.4, -0.2) is 125 Å². The summed E-state index contributed by atoms with van der Waals surface area (Å²) in [5, 5.41) is 11.5. The zero-order valence-electron chi connectivity index (χ0n) is 25.4. The molecule has 9 atom stereocenters. The molecule has 16 heteroatoms. The minimum atomic E-state index is -1.02. The van der Waals surface area contributed by atoms with Crippen molar-refractivity contribution in [3.8, 4) is 0 Å². The van der Waals surface area contributed by atoms with E-state index in [0.29, 0.717) is 19.3 Å². The summed E-state index contributed by atoms with van der Waals surface area (Å²) in [6.45, 7) is 4.35. The fourth-order valence-corrected chi connectivity index (χ4v) is 6.73. The van der Waals surface area contributed by atoms with Gasteiger partial charge in [-0.05, 0) is 39.0 Å². The molecule has 244 valence electrons. The van der Waals surface area contributed by atoms with Crippen LogP contribution in [0.15, 0.2) is 4.99 Å².